The van der Waals surface area contributed by atoms with Crippen LogP contribution in [0.1, 0.15) is 16.8 Å². The predicted molar refractivity (Wildman–Crippen MR) is 56.5 cm³/mol. The number of amides is 3. The van der Waals surface area contributed by atoms with Crippen molar-refractivity contribution < 1.29 is 19.0 Å². The van der Waals surface area contributed by atoms with Gasteiger partial charge >= 0.3 is 0 Å². The van der Waals surface area contributed by atoms with E-state index >= 15 is 0 Å². The number of carbonyl (C=O) groups excluding carboxylic acids is 3. The van der Waals surface area contributed by atoms with Gasteiger partial charge in [-0.05, 0) is 6.07 Å². The van der Waals surface area contributed by atoms with Crippen molar-refractivity contribution in [1.29, 1.82) is 0 Å². The Hall–Kier alpha value is -2.24. The minimum Gasteiger partial charge on any atom is -0.365 e. The molecule has 0 saturated carbocycles. The minimum atomic E-state index is -0.549. The molecular formula is C11H12N3O3+. The largest absolute Gasteiger partial charge is 0.365 e. The van der Waals surface area contributed by atoms with Crippen molar-refractivity contribution in [3.8, 4) is 0 Å². The summed E-state index contributed by atoms with van der Waals surface area (Å²) < 4.78 is 1.54. The number of rotatable bonds is 3. The molecule has 1 aliphatic heterocycles. The molecule has 0 aromatic carbocycles. The Kier molecular flexibility index (Phi) is 2.86. The highest BCUT2D eigenvalue weighted by atomic mass is 16.2. The number of hydrogen-bond donors (Lipinski definition) is 1. The van der Waals surface area contributed by atoms with E-state index in [1.807, 2.05) is 0 Å². The molecule has 0 unspecified atom stereocenters. The van der Waals surface area contributed by atoms with E-state index in [1.54, 1.807) is 18.3 Å². The molecule has 1 saturated heterocycles. The van der Waals surface area contributed by atoms with Gasteiger partial charge in [-0.3, -0.25) is 19.3 Å². The van der Waals surface area contributed by atoms with E-state index in [9.17, 15) is 14.4 Å². The quantitative estimate of drug-likeness (QED) is 0.528. The molecule has 0 radical (unpaired) electrons. The van der Waals surface area contributed by atoms with E-state index in [0.29, 0.717) is 18.5 Å². The summed E-state index contributed by atoms with van der Waals surface area (Å²) in [6, 6.07) is 3.20. The number of likely N-dealkylation sites (tertiary alicyclic amines) is 1. The van der Waals surface area contributed by atoms with Crippen LogP contribution in [0.25, 0.3) is 0 Å². The van der Waals surface area contributed by atoms with Crippen molar-refractivity contribution in [3.05, 3.63) is 30.1 Å². The number of primary amides is 1. The van der Waals surface area contributed by atoms with Crippen LogP contribution in [0, 0.1) is 0 Å². The molecule has 0 aliphatic carbocycles. The molecule has 3 amide bonds. The molecule has 2 rings (SSSR count). The van der Waals surface area contributed by atoms with Crippen LogP contribution in [0.5, 0.6) is 0 Å². The summed E-state index contributed by atoms with van der Waals surface area (Å²) in [6.45, 7) is 0.514. The fourth-order valence-corrected chi connectivity index (χ4v) is 1.59. The maximum absolute atomic E-state index is 11.7. The van der Waals surface area contributed by atoms with Crippen LogP contribution in [-0.2, 0) is 16.1 Å². The van der Waals surface area contributed by atoms with E-state index in [4.69, 9.17) is 5.73 Å². The lowest BCUT2D eigenvalue weighted by molar-refractivity contribution is -0.685. The van der Waals surface area contributed by atoms with Crippen molar-refractivity contribution in [1.82, 2.24) is 4.90 Å². The molecule has 1 fully saturated rings. The molecular weight excluding hydrogens is 222 g/mol. The zero-order valence-electron chi connectivity index (χ0n) is 9.13. The molecule has 1 aromatic rings. The van der Waals surface area contributed by atoms with Gasteiger partial charge in [0, 0.05) is 19.0 Å². The van der Waals surface area contributed by atoms with Crippen LogP contribution in [0.3, 0.4) is 0 Å². The molecule has 0 spiro atoms. The summed E-state index contributed by atoms with van der Waals surface area (Å²) in [5, 5.41) is 0. The Morgan fingerprint density at radius 3 is 2.76 bits per heavy atom. The van der Waals surface area contributed by atoms with Gasteiger partial charge in [-0.2, -0.15) is 4.57 Å². The fraction of sp³-hybridized carbons (Fsp3) is 0.273. The van der Waals surface area contributed by atoms with E-state index in [2.05, 4.69) is 0 Å². The Balaban J connectivity index is 2.08. The average Bonchev–Trinajstić information content (AvgIpc) is 2.27. The number of nitrogens with zero attached hydrogens (tertiary/aromatic N) is 2. The smallest absolute Gasteiger partial charge is 0.295 e. The van der Waals surface area contributed by atoms with Gasteiger partial charge in [0.1, 0.15) is 5.56 Å². The van der Waals surface area contributed by atoms with Crippen molar-refractivity contribution in [2.75, 3.05) is 6.54 Å². The first-order valence-corrected chi connectivity index (χ1v) is 5.20. The fourth-order valence-electron chi connectivity index (χ4n) is 1.59. The highest BCUT2D eigenvalue weighted by Crippen LogP contribution is 2.08. The molecule has 2 heterocycles. The maximum Gasteiger partial charge on any atom is 0.295 e. The first kappa shape index (κ1) is 11.3. The van der Waals surface area contributed by atoms with Crippen LogP contribution in [-0.4, -0.2) is 29.2 Å². The van der Waals surface area contributed by atoms with Gasteiger partial charge in [-0.25, -0.2) is 0 Å². The number of β-lactam (4-membered cyclic amide) rings is 1. The average molecular weight is 234 g/mol. The van der Waals surface area contributed by atoms with Crippen LogP contribution >= 0.6 is 0 Å². The van der Waals surface area contributed by atoms with Crippen molar-refractivity contribution in [2.24, 2.45) is 5.73 Å². The van der Waals surface area contributed by atoms with Crippen molar-refractivity contribution >= 4 is 17.7 Å². The molecule has 1 aliphatic rings. The Bertz CT molecular complexity index is 498. The van der Waals surface area contributed by atoms with Crippen LogP contribution in [0.4, 0.5) is 0 Å². The number of carbonyl (C=O) groups is 3. The van der Waals surface area contributed by atoms with Gasteiger partial charge in [0.15, 0.2) is 12.4 Å². The summed E-state index contributed by atoms with van der Waals surface area (Å²) in [6.07, 6.45) is 3.57. The van der Waals surface area contributed by atoms with Gasteiger partial charge in [0.2, 0.25) is 12.5 Å². The molecule has 0 bridgehead atoms. The topological polar surface area (TPSA) is 84.3 Å². The monoisotopic (exact) mass is 234 g/mol. The lowest BCUT2D eigenvalue weighted by atomic mass is 10.2. The van der Waals surface area contributed by atoms with E-state index in [1.165, 1.54) is 15.7 Å². The number of pyridine rings is 1. The summed E-state index contributed by atoms with van der Waals surface area (Å²) in [5.74, 6) is -0.971. The van der Waals surface area contributed by atoms with Gasteiger partial charge in [0.05, 0.1) is 0 Å². The minimum absolute atomic E-state index is 0.0346. The highest BCUT2D eigenvalue weighted by Gasteiger charge is 2.31. The summed E-state index contributed by atoms with van der Waals surface area (Å²) >= 11 is 0. The molecule has 2 N–H and O–H groups in total. The summed E-state index contributed by atoms with van der Waals surface area (Å²) in [5.41, 5.74) is 5.46. The number of imide groups is 1. The number of aromatic nitrogens is 1. The molecule has 1 aromatic heterocycles. The first-order valence-electron chi connectivity index (χ1n) is 5.20. The Labute approximate surface area is 97.6 Å². The standard InChI is InChI=1S/C11H11N3O3/c12-11(17)8-2-1-4-13(6-8)7-10(16)14-5-3-9(14)15/h1-2,4,6H,3,5,7H2,(H-,12,17)/p+1. The lowest BCUT2D eigenvalue weighted by Gasteiger charge is -2.27. The van der Waals surface area contributed by atoms with Crippen LogP contribution in [0.15, 0.2) is 24.5 Å². The van der Waals surface area contributed by atoms with Crippen LogP contribution < -0.4 is 10.3 Å². The second-order valence-corrected chi connectivity index (χ2v) is 3.82. The van der Waals surface area contributed by atoms with Gasteiger partial charge < -0.3 is 5.73 Å². The van der Waals surface area contributed by atoms with E-state index in [-0.39, 0.29) is 18.4 Å². The first-order chi connectivity index (χ1) is 8.08. The molecule has 0 atom stereocenters. The van der Waals surface area contributed by atoms with Gasteiger partial charge in [0.25, 0.3) is 11.8 Å². The Morgan fingerprint density at radius 2 is 2.24 bits per heavy atom. The van der Waals surface area contributed by atoms with E-state index < -0.39 is 5.91 Å². The highest BCUT2D eigenvalue weighted by molar-refractivity contribution is 5.98. The number of nitrogens with two attached hydrogens (primary N) is 1. The summed E-state index contributed by atoms with van der Waals surface area (Å²) in [7, 11) is 0. The second-order valence-electron chi connectivity index (χ2n) is 3.82. The normalized spacial score (nSPS) is 14.4. The van der Waals surface area contributed by atoms with Crippen molar-refractivity contribution in [2.45, 2.75) is 13.0 Å². The third-order valence-corrected chi connectivity index (χ3v) is 2.61. The zero-order chi connectivity index (χ0) is 12.4. The molecule has 6 nitrogen and oxygen atoms in total. The van der Waals surface area contributed by atoms with Crippen LogP contribution in [0.2, 0.25) is 0 Å². The second kappa shape index (κ2) is 4.32. The SMILES string of the molecule is NC(=O)c1ccc[n+](CC(=O)N2CCC2=O)c1. The lowest BCUT2D eigenvalue weighted by Crippen LogP contribution is -2.53. The zero-order valence-corrected chi connectivity index (χ0v) is 9.13. The van der Waals surface area contributed by atoms with Gasteiger partial charge in [-0.15, -0.1) is 0 Å². The molecule has 17 heavy (non-hydrogen) atoms. The predicted octanol–water partition coefficient (Wildman–Crippen LogP) is -1.17. The third-order valence-electron chi connectivity index (χ3n) is 2.61. The molecule has 6 heteroatoms. The third kappa shape index (κ3) is 2.30. The summed E-state index contributed by atoms with van der Waals surface area (Å²) in [4.78, 5) is 34.9. The number of hydrogen-bond acceptors (Lipinski definition) is 3. The van der Waals surface area contributed by atoms with E-state index in [0.717, 1.165) is 0 Å². The molecule has 88 valence electrons. The maximum atomic E-state index is 11.7. The Morgan fingerprint density at radius 1 is 1.47 bits per heavy atom. The van der Waals surface area contributed by atoms with Gasteiger partial charge in [-0.1, -0.05) is 0 Å². The van der Waals surface area contributed by atoms with Crippen molar-refractivity contribution in [3.63, 3.8) is 0 Å².